The fraction of sp³-hybridized carbons (Fsp3) is 0.0870. The van der Waals surface area contributed by atoms with Crippen LogP contribution in [0.2, 0.25) is 0 Å². The van der Waals surface area contributed by atoms with Crippen molar-refractivity contribution in [1.29, 1.82) is 0 Å². The number of furan rings is 1. The molecule has 0 bridgehead atoms. The van der Waals surface area contributed by atoms with Crippen molar-refractivity contribution in [3.63, 3.8) is 0 Å². The molecule has 3 aliphatic rings. The molecule has 0 radical (unpaired) electrons. The van der Waals surface area contributed by atoms with Crippen LogP contribution in [0.25, 0.3) is 59.2 Å². The Balaban J connectivity index is 1.10. The van der Waals surface area contributed by atoms with Crippen LogP contribution < -0.4 is 0 Å². The monoisotopic (exact) mass is 632 g/mol. The van der Waals surface area contributed by atoms with Gasteiger partial charge in [0, 0.05) is 43.1 Å². The van der Waals surface area contributed by atoms with Crippen molar-refractivity contribution in [2.24, 2.45) is 11.8 Å². The number of fused-ring (bicyclic) bond motifs is 6. The third-order valence-electron chi connectivity index (χ3n) is 10.5. The van der Waals surface area contributed by atoms with Crippen molar-refractivity contribution in [3.8, 4) is 21.6 Å². The van der Waals surface area contributed by atoms with Crippen molar-refractivity contribution in [3.05, 3.63) is 186 Å². The molecule has 5 aromatic carbocycles. The lowest BCUT2D eigenvalue weighted by Gasteiger charge is -2.43. The van der Waals surface area contributed by atoms with Gasteiger partial charge in [-0.05, 0) is 81.6 Å². The molecule has 3 aliphatic carbocycles. The van der Waals surface area contributed by atoms with Gasteiger partial charge in [-0.15, -0.1) is 11.3 Å². The van der Waals surface area contributed by atoms with Crippen LogP contribution in [0.4, 0.5) is 0 Å². The van der Waals surface area contributed by atoms with Crippen LogP contribution in [0.5, 0.6) is 0 Å². The molecule has 2 heteroatoms. The first kappa shape index (κ1) is 27.7. The van der Waals surface area contributed by atoms with Gasteiger partial charge in [0.1, 0.15) is 11.2 Å². The smallest absolute Gasteiger partial charge is 0.135 e. The van der Waals surface area contributed by atoms with E-state index >= 15 is 0 Å². The average molecular weight is 633 g/mol. The van der Waals surface area contributed by atoms with Crippen molar-refractivity contribution in [2.75, 3.05) is 0 Å². The van der Waals surface area contributed by atoms with Gasteiger partial charge in [-0.3, -0.25) is 0 Å². The minimum Gasteiger partial charge on any atom is -0.456 e. The normalized spacial score (nSPS) is 20.0. The lowest BCUT2D eigenvalue weighted by molar-refractivity contribution is 0.419. The standard InChI is InChI=1S/C46H32OS/c1-2-12-29(13-3-1)43-34-15-4-6-17-36(34)44(37-18-7-5-16-35(37)43)30-22-24-31(25-23-30)45-38-19-9-11-21-42(38)48-46(45)32-26-27-41-39(28-32)33-14-8-10-20-40(33)47-41/h1-17,19-28,36-37,44H,18H2. The van der Waals surface area contributed by atoms with Gasteiger partial charge in [-0.2, -0.15) is 0 Å². The quantitative estimate of drug-likeness (QED) is 0.188. The second kappa shape index (κ2) is 11.1. The molecule has 0 saturated carbocycles. The summed E-state index contributed by atoms with van der Waals surface area (Å²) in [4.78, 5) is 1.30. The number of allylic oxidation sites excluding steroid dienone is 10. The van der Waals surface area contributed by atoms with Crippen molar-refractivity contribution in [2.45, 2.75) is 12.3 Å². The van der Waals surface area contributed by atoms with Crippen LogP contribution in [0.1, 0.15) is 23.5 Å². The highest BCUT2D eigenvalue weighted by Crippen LogP contribution is 2.55. The molecule has 0 saturated heterocycles. The zero-order valence-corrected chi connectivity index (χ0v) is 27.2. The van der Waals surface area contributed by atoms with Crippen LogP contribution in [0.3, 0.4) is 0 Å². The van der Waals surface area contributed by atoms with Gasteiger partial charge in [-0.25, -0.2) is 0 Å². The maximum absolute atomic E-state index is 6.18. The highest BCUT2D eigenvalue weighted by molar-refractivity contribution is 7.23. The maximum atomic E-state index is 6.18. The van der Waals surface area contributed by atoms with Crippen LogP contribution >= 0.6 is 11.3 Å². The van der Waals surface area contributed by atoms with Crippen LogP contribution in [-0.4, -0.2) is 0 Å². The first-order chi connectivity index (χ1) is 23.8. The third kappa shape index (κ3) is 4.30. The predicted molar refractivity (Wildman–Crippen MR) is 203 cm³/mol. The molecule has 0 fully saturated rings. The number of rotatable bonds is 4. The third-order valence-corrected chi connectivity index (χ3v) is 11.8. The lowest BCUT2D eigenvalue weighted by atomic mass is 9.60. The Morgan fingerprint density at radius 3 is 2.29 bits per heavy atom. The van der Waals surface area contributed by atoms with Gasteiger partial charge >= 0.3 is 0 Å². The summed E-state index contributed by atoms with van der Waals surface area (Å²) in [6.07, 6.45) is 17.3. The van der Waals surface area contributed by atoms with E-state index in [2.05, 4.69) is 158 Å². The largest absolute Gasteiger partial charge is 0.456 e. The molecule has 3 unspecified atom stereocenters. The number of hydrogen-bond donors (Lipinski definition) is 0. The summed E-state index contributed by atoms with van der Waals surface area (Å²) in [5.74, 6) is 1.13. The number of thiophene rings is 1. The van der Waals surface area contributed by atoms with E-state index in [0.29, 0.717) is 17.8 Å². The summed E-state index contributed by atoms with van der Waals surface area (Å²) in [5, 5.41) is 3.63. The van der Waals surface area contributed by atoms with Gasteiger partial charge in [0.15, 0.2) is 0 Å². The predicted octanol–water partition coefficient (Wildman–Crippen LogP) is 12.9. The summed E-state index contributed by atoms with van der Waals surface area (Å²) in [6.45, 7) is 0. The second-order valence-corrected chi connectivity index (χ2v) is 14.2. The molecule has 3 atom stereocenters. The number of benzene rings is 5. The van der Waals surface area contributed by atoms with Crippen molar-refractivity contribution < 1.29 is 4.42 Å². The number of para-hydroxylation sites is 1. The molecular formula is C46H32OS. The minimum atomic E-state index is 0.332. The van der Waals surface area contributed by atoms with Gasteiger partial charge in [0.25, 0.3) is 0 Å². The van der Waals surface area contributed by atoms with Crippen LogP contribution in [0.15, 0.2) is 179 Å². The highest BCUT2D eigenvalue weighted by Gasteiger charge is 2.41. The molecule has 2 aromatic heterocycles. The Kier molecular flexibility index (Phi) is 6.38. The molecule has 48 heavy (non-hydrogen) atoms. The zero-order chi connectivity index (χ0) is 31.6. The van der Waals surface area contributed by atoms with Gasteiger partial charge in [0.05, 0.1) is 0 Å². The zero-order valence-electron chi connectivity index (χ0n) is 26.3. The molecule has 0 N–H and O–H groups in total. The van der Waals surface area contributed by atoms with E-state index in [0.717, 1.165) is 28.4 Å². The molecular weight excluding hydrogens is 601 g/mol. The maximum Gasteiger partial charge on any atom is 0.135 e. The summed E-state index contributed by atoms with van der Waals surface area (Å²) in [5.41, 5.74) is 12.7. The molecule has 0 amide bonds. The first-order valence-corrected chi connectivity index (χ1v) is 17.7. The Morgan fingerprint density at radius 1 is 0.625 bits per heavy atom. The van der Waals surface area contributed by atoms with E-state index in [9.17, 15) is 0 Å². The topological polar surface area (TPSA) is 13.1 Å². The fourth-order valence-electron chi connectivity index (χ4n) is 8.45. The van der Waals surface area contributed by atoms with Crippen LogP contribution in [-0.2, 0) is 0 Å². The molecule has 2 heterocycles. The summed E-state index contributed by atoms with van der Waals surface area (Å²) in [7, 11) is 0. The van der Waals surface area contributed by atoms with Crippen molar-refractivity contribution in [1.82, 2.24) is 0 Å². The van der Waals surface area contributed by atoms with E-state index in [1.54, 1.807) is 0 Å². The molecule has 228 valence electrons. The van der Waals surface area contributed by atoms with E-state index in [1.165, 1.54) is 59.5 Å². The Hall–Kier alpha value is -5.44. The van der Waals surface area contributed by atoms with Gasteiger partial charge in [-0.1, -0.05) is 134 Å². The molecule has 10 rings (SSSR count). The Bertz CT molecular complexity index is 2530. The Labute approximate surface area is 284 Å². The van der Waals surface area contributed by atoms with E-state index < -0.39 is 0 Å². The SMILES string of the molecule is C1=CCC2C(=C1)C(c1ccccc1)=C1C=CC=CC1C2c1ccc(-c2c(-c3ccc4oc5ccccc5c4c3)sc3ccccc23)cc1. The summed E-state index contributed by atoms with van der Waals surface area (Å²) in [6, 6.07) is 44.4. The first-order valence-electron chi connectivity index (χ1n) is 16.9. The summed E-state index contributed by atoms with van der Waals surface area (Å²) < 4.78 is 7.49. The molecule has 7 aromatic rings. The average Bonchev–Trinajstić information content (AvgIpc) is 3.73. The van der Waals surface area contributed by atoms with E-state index in [4.69, 9.17) is 4.42 Å². The molecule has 0 spiro atoms. The molecule has 0 aliphatic heterocycles. The van der Waals surface area contributed by atoms with Crippen LogP contribution in [0, 0.1) is 11.8 Å². The van der Waals surface area contributed by atoms with E-state index in [1.807, 2.05) is 17.4 Å². The highest BCUT2D eigenvalue weighted by atomic mass is 32.1. The van der Waals surface area contributed by atoms with Crippen molar-refractivity contribution >= 4 is 48.9 Å². The fourth-order valence-corrected chi connectivity index (χ4v) is 9.67. The number of hydrogen-bond acceptors (Lipinski definition) is 2. The van der Waals surface area contributed by atoms with Gasteiger partial charge in [0.2, 0.25) is 0 Å². The summed E-state index contributed by atoms with van der Waals surface area (Å²) >= 11 is 1.88. The minimum absolute atomic E-state index is 0.332. The Morgan fingerprint density at radius 2 is 1.40 bits per heavy atom. The van der Waals surface area contributed by atoms with E-state index in [-0.39, 0.29) is 0 Å². The van der Waals surface area contributed by atoms with Gasteiger partial charge < -0.3 is 4.42 Å². The lowest BCUT2D eigenvalue weighted by Crippen LogP contribution is -2.30. The molecule has 1 nitrogen and oxygen atoms in total. The second-order valence-electron chi connectivity index (χ2n) is 13.1.